The lowest BCUT2D eigenvalue weighted by molar-refractivity contribution is 0.184. The zero-order valence-corrected chi connectivity index (χ0v) is 16.4. The Hall–Kier alpha value is -2.38. The van der Waals surface area contributed by atoms with E-state index in [0.717, 1.165) is 21.7 Å². The van der Waals surface area contributed by atoms with Crippen LogP contribution in [0.5, 0.6) is 0 Å². The van der Waals surface area contributed by atoms with Crippen LogP contribution >= 0.6 is 11.3 Å². The molecule has 138 valence electrons. The summed E-state index contributed by atoms with van der Waals surface area (Å²) in [4.78, 5) is 5.19. The maximum Gasteiger partial charge on any atom is 0.191 e. The summed E-state index contributed by atoms with van der Waals surface area (Å²) in [6.45, 7) is 5.10. The number of thiophene rings is 1. The molecule has 0 amide bonds. The van der Waals surface area contributed by atoms with E-state index in [9.17, 15) is 5.11 Å². The number of benzene rings is 1. The third-order valence-electron chi connectivity index (χ3n) is 4.55. The molecule has 0 radical (unpaired) electrons. The molecule has 1 atom stereocenters. The average molecular weight is 372 g/mol. The van der Waals surface area contributed by atoms with Gasteiger partial charge in [-0.15, -0.1) is 11.3 Å². The van der Waals surface area contributed by atoms with Crippen LogP contribution in [-0.4, -0.2) is 34.4 Å². The normalized spacial score (nSPS) is 13.2. The third kappa shape index (κ3) is 3.89. The molecule has 3 aromatic rings. The van der Waals surface area contributed by atoms with Crippen LogP contribution in [0.2, 0.25) is 0 Å². The number of nitrogens with zero attached hydrogens (tertiary/aromatic N) is 3. The fourth-order valence-corrected chi connectivity index (χ4v) is 3.98. The van der Waals surface area contributed by atoms with Crippen LogP contribution in [0.4, 0.5) is 0 Å². The van der Waals surface area contributed by atoms with E-state index in [0.29, 0.717) is 19.0 Å². The molecule has 6 nitrogen and oxygen atoms in total. The molecule has 0 fully saturated rings. The Balaban J connectivity index is 1.58. The maximum absolute atomic E-state index is 10.5. The second kappa shape index (κ2) is 7.88. The van der Waals surface area contributed by atoms with Gasteiger partial charge < -0.3 is 15.7 Å². The van der Waals surface area contributed by atoms with Gasteiger partial charge in [0.25, 0.3) is 0 Å². The number of hydrogen-bond acceptors (Lipinski definition) is 4. The Morgan fingerprint density at radius 3 is 2.73 bits per heavy atom. The highest BCUT2D eigenvalue weighted by atomic mass is 32.1. The summed E-state index contributed by atoms with van der Waals surface area (Å²) in [5.41, 5.74) is 3.31. The zero-order valence-electron chi connectivity index (χ0n) is 15.6. The van der Waals surface area contributed by atoms with Gasteiger partial charge in [-0.2, -0.15) is 5.10 Å². The summed E-state index contributed by atoms with van der Waals surface area (Å²) in [7, 11) is 3.67. The molecule has 0 saturated carbocycles. The maximum atomic E-state index is 10.5. The van der Waals surface area contributed by atoms with Crippen molar-refractivity contribution in [1.82, 2.24) is 20.4 Å². The van der Waals surface area contributed by atoms with Crippen molar-refractivity contribution in [2.24, 2.45) is 12.0 Å². The van der Waals surface area contributed by atoms with Crippen molar-refractivity contribution in [2.75, 3.05) is 13.6 Å². The van der Waals surface area contributed by atoms with Crippen molar-refractivity contribution in [3.05, 3.63) is 52.2 Å². The standard InChI is InChI=1S/C19H25N5OS/c1-12-15(13(2)24(4)23-12)10-21-19(20-3)22-11-16(25)18-9-14-7-5-6-8-17(14)26-18/h5-9,16,25H,10-11H2,1-4H3,(H2,20,21,22). The first kappa shape index (κ1) is 18.4. The molecule has 2 aromatic heterocycles. The molecule has 0 bridgehead atoms. The van der Waals surface area contributed by atoms with Crippen molar-refractivity contribution >= 4 is 27.4 Å². The molecule has 0 aliphatic carbocycles. The van der Waals surface area contributed by atoms with Gasteiger partial charge in [-0.3, -0.25) is 9.67 Å². The van der Waals surface area contributed by atoms with E-state index >= 15 is 0 Å². The second-order valence-electron chi connectivity index (χ2n) is 6.28. The van der Waals surface area contributed by atoms with Crippen molar-refractivity contribution in [1.29, 1.82) is 0 Å². The summed E-state index contributed by atoms with van der Waals surface area (Å²) in [5, 5.41) is 22.6. The molecule has 1 aromatic carbocycles. The summed E-state index contributed by atoms with van der Waals surface area (Å²) >= 11 is 1.62. The van der Waals surface area contributed by atoms with E-state index in [-0.39, 0.29) is 0 Å². The molecule has 26 heavy (non-hydrogen) atoms. The lowest BCUT2D eigenvalue weighted by Gasteiger charge is -2.14. The van der Waals surface area contributed by atoms with Crippen molar-refractivity contribution < 1.29 is 5.11 Å². The van der Waals surface area contributed by atoms with Gasteiger partial charge in [-0.25, -0.2) is 0 Å². The van der Waals surface area contributed by atoms with Crippen LogP contribution in [0.1, 0.15) is 27.9 Å². The summed E-state index contributed by atoms with van der Waals surface area (Å²) in [5.74, 6) is 0.660. The van der Waals surface area contributed by atoms with Crippen LogP contribution in [0.3, 0.4) is 0 Å². The topological polar surface area (TPSA) is 74.5 Å². The van der Waals surface area contributed by atoms with Crippen LogP contribution in [0.25, 0.3) is 10.1 Å². The third-order valence-corrected chi connectivity index (χ3v) is 5.77. The van der Waals surface area contributed by atoms with Gasteiger partial charge in [-0.1, -0.05) is 18.2 Å². The van der Waals surface area contributed by atoms with E-state index in [1.54, 1.807) is 18.4 Å². The zero-order chi connectivity index (χ0) is 18.7. The molecule has 3 N–H and O–H groups in total. The number of aliphatic hydroxyl groups excluding tert-OH is 1. The van der Waals surface area contributed by atoms with Gasteiger partial charge in [0.2, 0.25) is 0 Å². The lowest BCUT2D eigenvalue weighted by atomic mass is 10.2. The largest absolute Gasteiger partial charge is 0.386 e. The highest BCUT2D eigenvalue weighted by Crippen LogP contribution is 2.29. The van der Waals surface area contributed by atoms with Gasteiger partial charge in [0, 0.05) is 48.0 Å². The average Bonchev–Trinajstić information content (AvgIpc) is 3.17. The molecule has 7 heteroatoms. The van der Waals surface area contributed by atoms with E-state index in [4.69, 9.17) is 0 Å². The predicted octanol–water partition coefficient (Wildman–Crippen LogP) is 2.65. The Morgan fingerprint density at radius 2 is 2.08 bits per heavy atom. The van der Waals surface area contributed by atoms with E-state index in [1.807, 2.05) is 36.9 Å². The first-order chi connectivity index (χ1) is 12.5. The van der Waals surface area contributed by atoms with Crippen LogP contribution in [-0.2, 0) is 13.6 Å². The fourth-order valence-electron chi connectivity index (χ4n) is 2.93. The van der Waals surface area contributed by atoms with Crippen LogP contribution in [0, 0.1) is 13.8 Å². The molecule has 0 saturated heterocycles. The minimum absolute atomic E-state index is 0.400. The van der Waals surface area contributed by atoms with Gasteiger partial charge in [0.15, 0.2) is 5.96 Å². The van der Waals surface area contributed by atoms with Gasteiger partial charge in [-0.05, 0) is 31.4 Å². The summed E-state index contributed by atoms with van der Waals surface area (Å²) in [6.07, 6.45) is -0.576. The highest BCUT2D eigenvalue weighted by Gasteiger charge is 2.13. The van der Waals surface area contributed by atoms with Crippen molar-refractivity contribution in [3.8, 4) is 0 Å². The number of aliphatic imine (C=N–C) groups is 1. The number of aliphatic hydroxyl groups is 1. The highest BCUT2D eigenvalue weighted by molar-refractivity contribution is 7.19. The molecule has 2 heterocycles. The predicted molar refractivity (Wildman–Crippen MR) is 108 cm³/mol. The molecular weight excluding hydrogens is 346 g/mol. The lowest BCUT2D eigenvalue weighted by Crippen LogP contribution is -2.39. The number of aromatic nitrogens is 2. The molecule has 0 aliphatic heterocycles. The van der Waals surface area contributed by atoms with E-state index in [1.165, 1.54) is 10.3 Å². The van der Waals surface area contributed by atoms with E-state index in [2.05, 4.69) is 39.8 Å². The molecule has 1 unspecified atom stereocenters. The Labute approximate surface area is 157 Å². The Kier molecular flexibility index (Phi) is 5.58. The van der Waals surface area contributed by atoms with Crippen molar-refractivity contribution in [2.45, 2.75) is 26.5 Å². The van der Waals surface area contributed by atoms with Crippen LogP contribution < -0.4 is 10.6 Å². The molecule has 0 aliphatic rings. The molecular formula is C19H25N5OS. The second-order valence-corrected chi connectivity index (χ2v) is 7.40. The van der Waals surface area contributed by atoms with Gasteiger partial charge >= 0.3 is 0 Å². The number of hydrogen-bond donors (Lipinski definition) is 3. The number of aryl methyl sites for hydroxylation is 2. The first-order valence-corrected chi connectivity index (χ1v) is 9.41. The SMILES string of the molecule is CN=C(NCc1c(C)nn(C)c1C)NCC(O)c1cc2ccccc2s1. The quantitative estimate of drug-likeness (QED) is 0.476. The minimum atomic E-state index is -0.576. The number of nitrogens with one attached hydrogen (secondary N) is 2. The minimum Gasteiger partial charge on any atom is -0.386 e. The van der Waals surface area contributed by atoms with Gasteiger partial charge in [0.1, 0.15) is 6.10 Å². The van der Waals surface area contributed by atoms with Crippen molar-refractivity contribution in [3.63, 3.8) is 0 Å². The number of fused-ring (bicyclic) bond motifs is 1. The summed E-state index contributed by atoms with van der Waals surface area (Å²) in [6, 6.07) is 10.2. The Bertz CT molecular complexity index is 894. The van der Waals surface area contributed by atoms with Crippen LogP contribution in [0.15, 0.2) is 35.3 Å². The number of rotatable bonds is 5. The smallest absolute Gasteiger partial charge is 0.191 e. The Morgan fingerprint density at radius 1 is 1.31 bits per heavy atom. The molecule has 3 rings (SSSR count). The first-order valence-electron chi connectivity index (χ1n) is 8.59. The number of guanidine groups is 1. The van der Waals surface area contributed by atoms with E-state index < -0.39 is 6.10 Å². The van der Waals surface area contributed by atoms with Gasteiger partial charge in [0.05, 0.1) is 5.69 Å². The monoisotopic (exact) mass is 371 g/mol. The fraction of sp³-hybridized carbons (Fsp3) is 0.368. The summed E-state index contributed by atoms with van der Waals surface area (Å²) < 4.78 is 3.07. The molecule has 0 spiro atoms.